The highest BCUT2D eigenvalue weighted by Gasteiger charge is 2.20. The maximum absolute atomic E-state index is 13.4. The molecule has 0 saturated heterocycles. The maximum Gasteiger partial charge on any atom is 0.304 e. The van der Waals surface area contributed by atoms with Gasteiger partial charge in [0.1, 0.15) is 23.6 Å². The summed E-state index contributed by atoms with van der Waals surface area (Å²) in [6.07, 6.45) is 1.51. The maximum atomic E-state index is 13.4. The molecule has 0 bridgehead atoms. The van der Waals surface area contributed by atoms with Gasteiger partial charge in [-0.15, -0.1) is 0 Å². The van der Waals surface area contributed by atoms with Crippen LogP contribution in [-0.2, 0) is 17.7 Å². The van der Waals surface area contributed by atoms with Crippen LogP contribution in [0.2, 0.25) is 0 Å². The quantitative estimate of drug-likeness (QED) is 0.454. The summed E-state index contributed by atoms with van der Waals surface area (Å²) < 4.78 is 32.2. The minimum absolute atomic E-state index is 0.180. The normalized spacial score (nSPS) is 12.3. The summed E-state index contributed by atoms with van der Waals surface area (Å²) in [5.74, 6) is 0.735. The van der Waals surface area contributed by atoms with Crippen LogP contribution in [0.25, 0.3) is 21.7 Å². The Morgan fingerprint density at radius 1 is 1.14 bits per heavy atom. The van der Waals surface area contributed by atoms with Crippen LogP contribution >= 0.6 is 11.3 Å². The molecule has 0 fully saturated rings. The van der Waals surface area contributed by atoms with E-state index in [0.717, 1.165) is 16.9 Å². The monoisotopic (exact) mass is 429 g/mol. The number of ether oxygens (including phenoxy) is 1. The molecule has 1 unspecified atom stereocenters. The van der Waals surface area contributed by atoms with Gasteiger partial charge in [0.25, 0.3) is 5.56 Å². The van der Waals surface area contributed by atoms with Crippen LogP contribution in [0.5, 0.6) is 5.75 Å². The van der Waals surface area contributed by atoms with Gasteiger partial charge in [0.05, 0.1) is 13.7 Å². The van der Waals surface area contributed by atoms with E-state index in [0.29, 0.717) is 26.3 Å². The largest absolute Gasteiger partial charge is 0.610 e. The Hall–Kier alpha value is -2.75. The van der Waals surface area contributed by atoms with Gasteiger partial charge >= 0.3 is 4.34 Å². The number of hydrogen-bond donors (Lipinski definition) is 0. The molecule has 0 aliphatic carbocycles. The fourth-order valence-corrected chi connectivity index (χ4v) is 4.48. The third-order valence-corrected chi connectivity index (χ3v) is 6.63. The van der Waals surface area contributed by atoms with E-state index in [1.807, 2.05) is 24.3 Å². The summed E-state index contributed by atoms with van der Waals surface area (Å²) in [5, 5.41) is 0. The van der Waals surface area contributed by atoms with Crippen LogP contribution in [0.1, 0.15) is 5.56 Å². The zero-order valence-electron chi connectivity index (χ0n) is 15.6. The first-order chi connectivity index (χ1) is 14.0. The Balaban J connectivity index is 1.90. The average Bonchev–Trinajstić information content (AvgIpc) is 3.16. The molecule has 148 valence electrons. The number of nitrogens with zero attached hydrogens (tertiary/aromatic N) is 3. The first-order valence-corrected chi connectivity index (χ1v) is 11.0. The Morgan fingerprint density at radius 2 is 1.83 bits per heavy atom. The fraction of sp³-hybridized carbons (Fsp3) is 0.150. The lowest BCUT2D eigenvalue weighted by Crippen LogP contribution is -2.24. The van der Waals surface area contributed by atoms with Gasteiger partial charge in [0, 0.05) is 16.7 Å². The lowest BCUT2D eigenvalue weighted by Gasteiger charge is -2.12. The Bertz CT molecular complexity index is 1220. The van der Waals surface area contributed by atoms with Crippen molar-refractivity contribution in [3.05, 3.63) is 70.3 Å². The number of aromatic nitrogens is 3. The molecule has 2 aromatic heterocycles. The molecule has 0 aliphatic rings. The van der Waals surface area contributed by atoms with Crippen molar-refractivity contribution in [2.24, 2.45) is 0 Å². The third-order valence-electron chi connectivity index (χ3n) is 4.35. The molecular formula is C20H16FN3O3S2. The number of halogens is 1. The third kappa shape index (κ3) is 3.89. The molecule has 0 N–H and O–H groups in total. The molecular weight excluding hydrogens is 413 g/mol. The molecule has 1 atom stereocenters. The van der Waals surface area contributed by atoms with Gasteiger partial charge in [-0.05, 0) is 53.3 Å². The predicted molar refractivity (Wildman–Crippen MR) is 111 cm³/mol. The van der Waals surface area contributed by atoms with E-state index in [-0.39, 0.29) is 23.4 Å². The van der Waals surface area contributed by atoms with Gasteiger partial charge in [-0.3, -0.25) is 9.36 Å². The van der Waals surface area contributed by atoms with Crippen LogP contribution in [0.3, 0.4) is 0 Å². The van der Waals surface area contributed by atoms with Crippen molar-refractivity contribution in [1.82, 2.24) is 14.5 Å². The molecule has 0 amide bonds. The Morgan fingerprint density at radius 3 is 2.45 bits per heavy atom. The molecule has 4 aromatic rings. The minimum atomic E-state index is -1.32. The van der Waals surface area contributed by atoms with Crippen molar-refractivity contribution in [3.63, 3.8) is 0 Å². The summed E-state index contributed by atoms with van der Waals surface area (Å²) in [7, 11) is 1.58. The van der Waals surface area contributed by atoms with Crippen LogP contribution in [0.15, 0.2) is 57.7 Å². The molecule has 0 radical (unpaired) electrons. The van der Waals surface area contributed by atoms with Gasteiger partial charge in [0.2, 0.25) is 0 Å². The molecule has 0 aliphatic heterocycles. The highest BCUT2D eigenvalue weighted by molar-refractivity contribution is 7.92. The number of methoxy groups -OCH3 is 1. The smallest absolute Gasteiger partial charge is 0.304 e. The molecule has 0 saturated carbocycles. The number of rotatable bonds is 5. The second kappa shape index (κ2) is 7.94. The lowest BCUT2D eigenvalue weighted by molar-refractivity contribution is 0.414. The van der Waals surface area contributed by atoms with Crippen molar-refractivity contribution in [2.45, 2.75) is 10.9 Å². The number of thiazole rings is 1. The molecule has 0 spiro atoms. The second-order valence-electron chi connectivity index (χ2n) is 6.27. The van der Waals surface area contributed by atoms with Crippen molar-refractivity contribution in [2.75, 3.05) is 13.4 Å². The van der Waals surface area contributed by atoms with E-state index < -0.39 is 11.2 Å². The van der Waals surface area contributed by atoms with E-state index in [1.54, 1.807) is 19.2 Å². The van der Waals surface area contributed by atoms with Gasteiger partial charge in [0.15, 0.2) is 10.3 Å². The van der Waals surface area contributed by atoms with E-state index in [4.69, 9.17) is 4.74 Å². The number of fused-ring (bicyclic) bond motifs is 1. The van der Waals surface area contributed by atoms with Crippen LogP contribution in [-0.4, -0.2) is 32.5 Å². The summed E-state index contributed by atoms with van der Waals surface area (Å²) in [5.41, 5.74) is 1.32. The van der Waals surface area contributed by atoms with E-state index in [1.165, 1.54) is 23.0 Å². The highest BCUT2D eigenvalue weighted by atomic mass is 32.2. The molecule has 4 rings (SSSR count). The Kier molecular flexibility index (Phi) is 5.35. The standard InChI is InChI=1S/C20H16FN3O3S2/c1-27-15-9-3-12(4-10-15)11-24-17(13-5-7-14(21)8-6-13)23-18-16(19(24)25)22-20(28-18)29(2)26/h3-10H,11H2,1-2H3. The zero-order chi connectivity index (χ0) is 20.5. The fourth-order valence-electron chi connectivity index (χ4n) is 2.89. The molecule has 2 aromatic carbocycles. The molecule has 9 heteroatoms. The Labute approximate surface area is 172 Å². The van der Waals surface area contributed by atoms with Gasteiger partial charge in [-0.1, -0.05) is 12.1 Å². The first-order valence-electron chi connectivity index (χ1n) is 8.60. The minimum Gasteiger partial charge on any atom is -0.610 e. The average molecular weight is 429 g/mol. The van der Waals surface area contributed by atoms with Gasteiger partial charge in [-0.2, -0.15) is 4.98 Å². The van der Waals surface area contributed by atoms with Crippen LogP contribution < -0.4 is 10.3 Å². The zero-order valence-corrected chi connectivity index (χ0v) is 17.2. The molecule has 2 heterocycles. The molecule has 29 heavy (non-hydrogen) atoms. The van der Waals surface area contributed by atoms with E-state index in [9.17, 15) is 13.7 Å². The summed E-state index contributed by atoms with van der Waals surface area (Å²) in [6, 6.07) is 13.1. The van der Waals surface area contributed by atoms with E-state index in [2.05, 4.69) is 9.97 Å². The lowest BCUT2D eigenvalue weighted by atomic mass is 10.1. The number of hydrogen-bond acceptors (Lipinski definition) is 6. The van der Waals surface area contributed by atoms with E-state index >= 15 is 0 Å². The summed E-state index contributed by atoms with van der Waals surface area (Å²) >= 11 is -0.191. The van der Waals surface area contributed by atoms with Crippen molar-refractivity contribution in [1.29, 1.82) is 0 Å². The van der Waals surface area contributed by atoms with Gasteiger partial charge < -0.3 is 9.29 Å². The van der Waals surface area contributed by atoms with Crippen molar-refractivity contribution < 1.29 is 13.7 Å². The van der Waals surface area contributed by atoms with Crippen molar-refractivity contribution in [3.8, 4) is 17.1 Å². The SMILES string of the molecule is COc1ccc(Cn2c(-c3ccc(F)cc3)nc3sc([S+](C)[O-])nc3c2=O)cc1. The summed E-state index contributed by atoms with van der Waals surface area (Å²) in [6.45, 7) is 0.251. The van der Waals surface area contributed by atoms with Gasteiger partial charge in [-0.25, -0.2) is 9.37 Å². The number of benzene rings is 2. The van der Waals surface area contributed by atoms with Crippen LogP contribution in [0, 0.1) is 5.82 Å². The second-order valence-corrected chi connectivity index (χ2v) is 8.80. The first kappa shape index (κ1) is 19.6. The topological polar surface area (TPSA) is 80.1 Å². The molecule has 6 nitrogen and oxygen atoms in total. The summed E-state index contributed by atoms with van der Waals surface area (Å²) in [4.78, 5) is 22.5. The predicted octanol–water partition coefficient (Wildman–Crippen LogP) is 3.45. The highest BCUT2D eigenvalue weighted by Crippen LogP contribution is 2.26. The van der Waals surface area contributed by atoms with Crippen LogP contribution in [0.4, 0.5) is 4.39 Å². The van der Waals surface area contributed by atoms with Crippen molar-refractivity contribution >= 4 is 32.9 Å².